The van der Waals surface area contributed by atoms with Gasteiger partial charge in [0.2, 0.25) is 0 Å². The molecule has 5 heterocycles. The molecule has 1 saturated heterocycles. The number of piperidine rings is 1. The van der Waals surface area contributed by atoms with Crippen molar-refractivity contribution in [2.45, 2.75) is 38.3 Å². The summed E-state index contributed by atoms with van der Waals surface area (Å²) in [7, 11) is 0. The van der Waals surface area contributed by atoms with Crippen LogP contribution in [0.4, 0.5) is 23.4 Å². The standard InChI is InChI=1S/C23H18F4N6O3/c1-10-29-9-18-21(28)31-15-8-30-14(7-16(15)33(10)18)22(34)32-3-2-11-5-17(32)20-13(24)4-12(6-19(20)35-11)36-23(25,26)27/h4,6-9,11,17H,2-3,5H2,1H3,(H2,28,31)/t11-,17?/m0/s1. The Labute approximate surface area is 200 Å². The topological polar surface area (TPSA) is 108 Å². The first kappa shape index (κ1) is 22.3. The van der Waals surface area contributed by atoms with Crippen molar-refractivity contribution in [3.8, 4) is 11.5 Å². The van der Waals surface area contributed by atoms with Crippen LogP contribution in [0.2, 0.25) is 0 Å². The molecule has 9 nitrogen and oxygen atoms in total. The number of anilines is 1. The maximum Gasteiger partial charge on any atom is 0.573 e. The van der Waals surface area contributed by atoms with Crippen LogP contribution in [0.15, 0.2) is 30.6 Å². The largest absolute Gasteiger partial charge is 0.573 e. The number of ether oxygens (including phenoxy) is 2. The summed E-state index contributed by atoms with van der Waals surface area (Å²) in [5.41, 5.74) is 7.76. The van der Waals surface area contributed by atoms with Crippen LogP contribution in [0.3, 0.4) is 0 Å². The minimum absolute atomic E-state index is 0.0110. The quantitative estimate of drug-likeness (QED) is 0.414. The van der Waals surface area contributed by atoms with Gasteiger partial charge in [0.25, 0.3) is 5.91 Å². The predicted molar refractivity (Wildman–Crippen MR) is 118 cm³/mol. The van der Waals surface area contributed by atoms with E-state index >= 15 is 4.39 Å². The second-order valence-electron chi connectivity index (χ2n) is 8.72. The van der Waals surface area contributed by atoms with Gasteiger partial charge in [-0.3, -0.25) is 9.20 Å². The van der Waals surface area contributed by atoms with Gasteiger partial charge < -0.3 is 20.1 Å². The molecule has 6 rings (SSSR count). The average molecular weight is 502 g/mol. The van der Waals surface area contributed by atoms with E-state index in [4.69, 9.17) is 10.5 Å². The molecule has 2 atom stereocenters. The molecular weight excluding hydrogens is 484 g/mol. The van der Waals surface area contributed by atoms with E-state index in [1.165, 1.54) is 11.1 Å². The van der Waals surface area contributed by atoms with Gasteiger partial charge in [0, 0.05) is 31.5 Å². The third-order valence-electron chi connectivity index (χ3n) is 6.50. The van der Waals surface area contributed by atoms with E-state index < -0.39 is 29.9 Å². The fourth-order valence-corrected chi connectivity index (χ4v) is 5.00. The van der Waals surface area contributed by atoms with E-state index in [1.807, 2.05) is 0 Å². The Kier molecular flexibility index (Phi) is 4.75. The van der Waals surface area contributed by atoms with Crippen molar-refractivity contribution in [2.75, 3.05) is 12.3 Å². The monoisotopic (exact) mass is 502 g/mol. The summed E-state index contributed by atoms with van der Waals surface area (Å²) in [5.74, 6) is -1.28. The van der Waals surface area contributed by atoms with Gasteiger partial charge >= 0.3 is 6.36 Å². The number of hydrogen-bond donors (Lipinski definition) is 1. The molecule has 0 saturated carbocycles. The molecule has 0 aliphatic carbocycles. The molecule has 2 aliphatic rings. The van der Waals surface area contributed by atoms with Crippen molar-refractivity contribution in [3.05, 3.63) is 53.5 Å². The number of nitrogens with zero attached hydrogens (tertiary/aromatic N) is 5. The van der Waals surface area contributed by atoms with E-state index in [9.17, 15) is 18.0 Å². The lowest BCUT2D eigenvalue weighted by molar-refractivity contribution is -0.274. The summed E-state index contributed by atoms with van der Waals surface area (Å²) < 4.78 is 64.4. The second kappa shape index (κ2) is 7.67. The molecule has 4 aromatic rings. The van der Waals surface area contributed by atoms with Gasteiger partial charge in [-0.2, -0.15) is 0 Å². The van der Waals surface area contributed by atoms with Crippen LogP contribution < -0.4 is 15.2 Å². The van der Waals surface area contributed by atoms with Gasteiger partial charge in [-0.15, -0.1) is 13.2 Å². The molecule has 3 aromatic heterocycles. The Morgan fingerprint density at radius 2 is 2.00 bits per heavy atom. The number of benzene rings is 1. The summed E-state index contributed by atoms with van der Waals surface area (Å²) >= 11 is 0. The number of alkyl halides is 3. The zero-order chi connectivity index (χ0) is 25.4. The Hall–Kier alpha value is -4.16. The Morgan fingerprint density at radius 1 is 1.19 bits per heavy atom. The number of nitrogen functional groups attached to an aromatic ring is 1. The van der Waals surface area contributed by atoms with Crippen molar-refractivity contribution in [2.24, 2.45) is 0 Å². The van der Waals surface area contributed by atoms with E-state index in [1.54, 1.807) is 23.6 Å². The van der Waals surface area contributed by atoms with Crippen molar-refractivity contribution < 1.29 is 31.8 Å². The fourth-order valence-electron chi connectivity index (χ4n) is 5.00. The molecule has 0 spiro atoms. The number of imidazole rings is 1. The molecule has 2 N–H and O–H groups in total. The van der Waals surface area contributed by atoms with E-state index in [-0.39, 0.29) is 35.5 Å². The van der Waals surface area contributed by atoms with E-state index in [0.29, 0.717) is 41.3 Å². The number of fused-ring (bicyclic) bond motifs is 7. The third kappa shape index (κ3) is 3.53. The summed E-state index contributed by atoms with van der Waals surface area (Å²) in [5, 5.41) is 0. The number of nitrogens with two attached hydrogens (primary N) is 1. The van der Waals surface area contributed by atoms with Gasteiger partial charge in [-0.05, 0) is 13.0 Å². The summed E-state index contributed by atoms with van der Waals surface area (Å²) in [6.45, 7) is 2.05. The molecule has 2 bridgehead atoms. The lowest BCUT2D eigenvalue weighted by Gasteiger charge is -2.43. The summed E-state index contributed by atoms with van der Waals surface area (Å²) in [6.07, 6.45) is -1.62. The minimum Gasteiger partial charge on any atom is -0.490 e. The molecule has 1 aromatic carbocycles. The number of amides is 1. The number of pyridine rings is 1. The summed E-state index contributed by atoms with van der Waals surface area (Å²) in [6, 6.07) is 2.49. The number of aromatic nitrogens is 4. The minimum atomic E-state index is -4.98. The Bertz CT molecular complexity index is 1550. The lowest BCUT2D eigenvalue weighted by Crippen LogP contribution is -2.47. The average Bonchev–Trinajstić information content (AvgIpc) is 3.20. The molecule has 1 amide bonds. The van der Waals surface area contributed by atoms with E-state index in [2.05, 4.69) is 19.7 Å². The zero-order valence-electron chi connectivity index (χ0n) is 18.7. The SMILES string of the molecule is Cc1ncc2c(N)nc3cnc(C(=O)N4CC[C@H]5CC4c4c(F)cc(OC(F)(F)F)cc4O5)cc3n12. The normalized spacial score (nSPS) is 19.3. The van der Waals surface area contributed by atoms with Crippen molar-refractivity contribution in [1.82, 2.24) is 24.3 Å². The Balaban J connectivity index is 1.40. The Morgan fingerprint density at radius 3 is 2.78 bits per heavy atom. The van der Waals surface area contributed by atoms with Crippen LogP contribution in [0, 0.1) is 12.7 Å². The van der Waals surface area contributed by atoms with Gasteiger partial charge in [0.05, 0.1) is 29.5 Å². The fraction of sp³-hybridized carbons (Fsp3) is 0.304. The number of rotatable bonds is 2. The first-order valence-corrected chi connectivity index (χ1v) is 11.0. The molecule has 1 fully saturated rings. The van der Waals surface area contributed by atoms with Gasteiger partial charge in [-0.25, -0.2) is 19.3 Å². The highest BCUT2D eigenvalue weighted by atomic mass is 19.4. The molecule has 1 unspecified atom stereocenters. The first-order chi connectivity index (χ1) is 17.1. The van der Waals surface area contributed by atoms with Crippen LogP contribution in [0.25, 0.3) is 16.6 Å². The summed E-state index contributed by atoms with van der Waals surface area (Å²) in [4.78, 5) is 27.9. The lowest BCUT2D eigenvalue weighted by atomic mass is 9.89. The smallest absolute Gasteiger partial charge is 0.490 e. The maximum atomic E-state index is 15.1. The van der Waals surface area contributed by atoms with Crippen LogP contribution >= 0.6 is 0 Å². The number of carbonyl (C=O) groups is 1. The van der Waals surface area contributed by atoms with Gasteiger partial charge in [0.15, 0.2) is 0 Å². The zero-order valence-corrected chi connectivity index (χ0v) is 18.7. The molecule has 0 radical (unpaired) electrons. The number of carbonyl (C=O) groups excluding carboxylic acids is 1. The number of aryl methyl sites for hydroxylation is 1. The highest BCUT2D eigenvalue weighted by Crippen LogP contribution is 2.46. The molecule has 13 heteroatoms. The maximum absolute atomic E-state index is 15.1. The number of likely N-dealkylation sites (tertiary alicyclic amines) is 1. The van der Waals surface area contributed by atoms with Crippen LogP contribution in [-0.4, -0.2) is 49.2 Å². The molecular formula is C23H18F4N6O3. The van der Waals surface area contributed by atoms with Crippen molar-refractivity contribution >= 4 is 28.3 Å². The second-order valence-corrected chi connectivity index (χ2v) is 8.72. The number of hydrogen-bond acceptors (Lipinski definition) is 7. The molecule has 36 heavy (non-hydrogen) atoms. The number of halogens is 4. The highest BCUT2D eigenvalue weighted by molar-refractivity contribution is 5.96. The third-order valence-corrected chi connectivity index (χ3v) is 6.50. The van der Waals surface area contributed by atoms with Gasteiger partial charge in [-0.1, -0.05) is 0 Å². The predicted octanol–water partition coefficient (Wildman–Crippen LogP) is 3.94. The van der Waals surface area contributed by atoms with Crippen LogP contribution in [0.5, 0.6) is 11.5 Å². The van der Waals surface area contributed by atoms with Crippen LogP contribution in [0.1, 0.15) is 40.8 Å². The first-order valence-electron chi connectivity index (χ1n) is 11.0. The van der Waals surface area contributed by atoms with Crippen molar-refractivity contribution in [1.29, 1.82) is 0 Å². The van der Waals surface area contributed by atoms with E-state index in [0.717, 1.165) is 6.07 Å². The van der Waals surface area contributed by atoms with Gasteiger partial charge in [0.1, 0.15) is 51.8 Å². The van der Waals surface area contributed by atoms with Crippen LogP contribution in [-0.2, 0) is 0 Å². The molecule has 2 aliphatic heterocycles. The molecule has 186 valence electrons. The van der Waals surface area contributed by atoms with Crippen molar-refractivity contribution in [3.63, 3.8) is 0 Å². The highest BCUT2D eigenvalue weighted by Gasteiger charge is 2.42.